The molecule has 0 radical (unpaired) electrons. The zero-order valence-corrected chi connectivity index (χ0v) is 18.6. The van der Waals surface area contributed by atoms with Crippen molar-refractivity contribution in [3.63, 3.8) is 0 Å². The van der Waals surface area contributed by atoms with Crippen molar-refractivity contribution in [1.82, 2.24) is 34.5 Å². The fraction of sp³-hybridized carbons (Fsp3) is 0.348. The van der Waals surface area contributed by atoms with Crippen LogP contribution in [0.15, 0.2) is 42.7 Å². The summed E-state index contributed by atoms with van der Waals surface area (Å²) in [4.78, 5) is 16.7. The first-order valence-corrected chi connectivity index (χ1v) is 11.0. The van der Waals surface area contributed by atoms with E-state index in [1.807, 2.05) is 41.8 Å². The lowest BCUT2D eigenvalue weighted by Crippen LogP contribution is -2.49. The molecule has 0 spiro atoms. The molecule has 33 heavy (non-hydrogen) atoms. The SMILES string of the molecule is Cc1nn(-c2ccc3nncn3n2)c(C)c1CCC(=O)N1CCN(c2ccccc2F)CC1. The summed E-state index contributed by atoms with van der Waals surface area (Å²) in [6.45, 7) is 6.37. The second-order valence-corrected chi connectivity index (χ2v) is 8.21. The van der Waals surface area contributed by atoms with Gasteiger partial charge >= 0.3 is 0 Å². The van der Waals surface area contributed by atoms with E-state index in [9.17, 15) is 9.18 Å². The van der Waals surface area contributed by atoms with Crippen LogP contribution in [0.2, 0.25) is 0 Å². The van der Waals surface area contributed by atoms with E-state index in [0.29, 0.717) is 56.2 Å². The molecule has 1 saturated heterocycles. The molecule has 1 aliphatic heterocycles. The van der Waals surface area contributed by atoms with Gasteiger partial charge in [-0.25, -0.2) is 9.07 Å². The van der Waals surface area contributed by atoms with E-state index in [1.165, 1.54) is 6.07 Å². The molecule has 170 valence electrons. The van der Waals surface area contributed by atoms with Gasteiger partial charge in [0.2, 0.25) is 5.91 Å². The molecule has 9 nitrogen and oxygen atoms in total. The minimum Gasteiger partial charge on any atom is -0.366 e. The van der Waals surface area contributed by atoms with E-state index in [4.69, 9.17) is 0 Å². The summed E-state index contributed by atoms with van der Waals surface area (Å²) >= 11 is 0. The van der Waals surface area contributed by atoms with Crippen molar-refractivity contribution < 1.29 is 9.18 Å². The third-order valence-electron chi connectivity index (χ3n) is 6.22. The highest BCUT2D eigenvalue weighted by Crippen LogP contribution is 2.22. The van der Waals surface area contributed by atoms with Crippen molar-refractivity contribution in [2.24, 2.45) is 0 Å². The van der Waals surface area contributed by atoms with E-state index in [2.05, 4.69) is 20.4 Å². The van der Waals surface area contributed by atoms with Gasteiger partial charge in [0.25, 0.3) is 0 Å². The highest BCUT2D eigenvalue weighted by Gasteiger charge is 2.23. The van der Waals surface area contributed by atoms with Crippen molar-refractivity contribution >= 4 is 17.2 Å². The van der Waals surface area contributed by atoms with Gasteiger partial charge in [0, 0.05) is 38.3 Å². The Kier molecular flexibility index (Phi) is 5.49. The zero-order chi connectivity index (χ0) is 22.9. The van der Waals surface area contributed by atoms with Crippen molar-refractivity contribution in [2.45, 2.75) is 26.7 Å². The highest BCUT2D eigenvalue weighted by molar-refractivity contribution is 5.77. The van der Waals surface area contributed by atoms with E-state index >= 15 is 0 Å². The number of benzene rings is 1. The third kappa shape index (κ3) is 4.04. The molecule has 4 heterocycles. The largest absolute Gasteiger partial charge is 0.366 e. The number of carbonyl (C=O) groups is 1. The molecule has 4 aromatic rings. The van der Waals surface area contributed by atoms with Crippen molar-refractivity contribution in [2.75, 3.05) is 31.1 Å². The highest BCUT2D eigenvalue weighted by atomic mass is 19.1. The number of fused-ring (bicyclic) bond motifs is 1. The van der Waals surface area contributed by atoms with Gasteiger partial charge in [-0.05, 0) is 50.1 Å². The van der Waals surface area contributed by atoms with Crippen molar-refractivity contribution in [3.8, 4) is 5.82 Å². The van der Waals surface area contributed by atoms with Crippen LogP contribution in [0.25, 0.3) is 11.5 Å². The molecule has 10 heteroatoms. The minimum absolute atomic E-state index is 0.110. The number of hydrogen-bond acceptors (Lipinski definition) is 6. The predicted octanol–water partition coefficient (Wildman–Crippen LogP) is 2.35. The van der Waals surface area contributed by atoms with Gasteiger partial charge in [-0.3, -0.25) is 4.79 Å². The molecule has 1 aliphatic rings. The molecule has 0 atom stereocenters. The Balaban J connectivity index is 1.23. The average molecular weight is 449 g/mol. The number of rotatable bonds is 5. The van der Waals surface area contributed by atoms with Gasteiger partial charge in [-0.15, -0.1) is 15.3 Å². The Morgan fingerprint density at radius 3 is 2.61 bits per heavy atom. The maximum absolute atomic E-state index is 14.1. The molecule has 1 fully saturated rings. The fourth-order valence-corrected chi connectivity index (χ4v) is 4.39. The van der Waals surface area contributed by atoms with Crippen LogP contribution in [0.3, 0.4) is 0 Å². The number of piperazine rings is 1. The lowest BCUT2D eigenvalue weighted by Gasteiger charge is -2.36. The fourth-order valence-electron chi connectivity index (χ4n) is 4.39. The normalized spacial score (nSPS) is 14.3. The molecule has 3 aromatic heterocycles. The Morgan fingerprint density at radius 2 is 1.82 bits per heavy atom. The minimum atomic E-state index is -0.224. The topological polar surface area (TPSA) is 84.4 Å². The van der Waals surface area contributed by atoms with Crippen LogP contribution in [-0.4, -0.2) is 66.6 Å². The molecular weight excluding hydrogens is 423 g/mol. The van der Waals surface area contributed by atoms with Crippen LogP contribution in [-0.2, 0) is 11.2 Å². The number of aromatic nitrogens is 6. The van der Waals surface area contributed by atoms with Gasteiger partial charge in [-0.2, -0.15) is 9.61 Å². The maximum atomic E-state index is 14.1. The van der Waals surface area contributed by atoms with Gasteiger partial charge < -0.3 is 9.80 Å². The monoisotopic (exact) mass is 448 g/mol. The summed E-state index contributed by atoms with van der Waals surface area (Å²) in [5.74, 6) is 0.557. The number of carbonyl (C=O) groups excluding carboxylic acids is 1. The molecule has 5 rings (SSSR count). The van der Waals surface area contributed by atoms with Crippen LogP contribution in [0.4, 0.5) is 10.1 Å². The summed E-state index contributed by atoms with van der Waals surface area (Å²) < 4.78 is 17.5. The van der Waals surface area contributed by atoms with Crippen LogP contribution in [0.5, 0.6) is 0 Å². The lowest BCUT2D eigenvalue weighted by molar-refractivity contribution is -0.131. The number of anilines is 1. The first-order valence-electron chi connectivity index (χ1n) is 11.0. The first-order chi connectivity index (χ1) is 16.0. The Labute approximate surface area is 190 Å². The quantitative estimate of drug-likeness (QED) is 0.466. The Bertz CT molecular complexity index is 1310. The summed E-state index contributed by atoms with van der Waals surface area (Å²) in [5.41, 5.74) is 4.17. The van der Waals surface area contributed by atoms with E-state index in [-0.39, 0.29) is 11.7 Å². The summed E-state index contributed by atoms with van der Waals surface area (Å²) in [6, 6.07) is 10.5. The lowest BCUT2D eigenvalue weighted by atomic mass is 10.1. The number of nitrogens with zero attached hydrogens (tertiary/aromatic N) is 8. The molecule has 0 aliphatic carbocycles. The molecule has 0 unspecified atom stereocenters. The van der Waals surface area contributed by atoms with Gasteiger partial charge in [0.15, 0.2) is 11.5 Å². The predicted molar refractivity (Wildman–Crippen MR) is 121 cm³/mol. The number of amides is 1. The zero-order valence-electron chi connectivity index (χ0n) is 18.6. The van der Waals surface area contributed by atoms with Crippen molar-refractivity contribution in [1.29, 1.82) is 0 Å². The van der Waals surface area contributed by atoms with Crippen molar-refractivity contribution in [3.05, 3.63) is 65.5 Å². The number of halogens is 1. The average Bonchev–Trinajstić information content (AvgIpc) is 3.41. The summed E-state index contributed by atoms with van der Waals surface area (Å²) in [6.07, 6.45) is 2.57. The van der Waals surface area contributed by atoms with E-state index < -0.39 is 0 Å². The molecule has 1 amide bonds. The smallest absolute Gasteiger partial charge is 0.223 e. The van der Waals surface area contributed by atoms with Gasteiger partial charge in [-0.1, -0.05) is 12.1 Å². The number of para-hydroxylation sites is 1. The third-order valence-corrected chi connectivity index (χ3v) is 6.22. The number of aryl methyl sites for hydroxylation is 1. The first kappa shape index (κ1) is 21.0. The molecule has 0 saturated carbocycles. The van der Waals surface area contributed by atoms with Crippen LogP contribution < -0.4 is 4.90 Å². The number of hydrogen-bond donors (Lipinski definition) is 0. The Morgan fingerprint density at radius 1 is 1.03 bits per heavy atom. The maximum Gasteiger partial charge on any atom is 0.223 e. The van der Waals surface area contributed by atoms with Crippen LogP contribution >= 0.6 is 0 Å². The molecule has 0 bridgehead atoms. The van der Waals surface area contributed by atoms with Gasteiger partial charge in [0.05, 0.1) is 11.4 Å². The second-order valence-electron chi connectivity index (χ2n) is 8.21. The molecule has 1 aromatic carbocycles. The van der Waals surface area contributed by atoms with E-state index in [0.717, 1.165) is 17.0 Å². The van der Waals surface area contributed by atoms with Gasteiger partial charge in [0.1, 0.15) is 12.1 Å². The van der Waals surface area contributed by atoms with Crippen LogP contribution in [0.1, 0.15) is 23.4 Å². The molecular formula is C23H25FN8O. The summed E-state index contributed by atoms with van der Waals surface area (Å²) in [5, 5.41) is 17.0. The summed E-state index contributed by atoms with van der Waals surface area (Å²) in [7, 11) is 0. The second kappa shape index (κ2) is 8.61. The standard InChI is InChI=1S/C23H25FN8O/c1-16-18(17(2)32(27-16)22-9-8-21-26-25-15-31(21)28-22)7-10-23(33)30-13-11-29(12-14-30)20-6-4-3-5-19(20)24/h3-6,8-9,15H,7,10-14H2,1-2H3. The van der Waals surface area contributed by atoms with E-state index in [1.54, 1.807) is 27.7 Å². The molecule has 0 N–H and O–H groups in total. The van der Waals surface area contributed by atoms with Crippen LogP contribution in [0, 0.1) is 19.7 Å². The Hall–Kier alpha value is -3.82.